The first kappa shape index (κ1) is 16.6. The Morgan fingerprint density at radius 2 is 2.12 bits per heavy atom. The predicted molar refractivity (Wildman–Crippen MR) is 87.5 cm³/mol. The molecule has 0 spiro atoms. The topological polar surface area (TPSA) is 99.9 Å². The van der Waals surface area contributed by atoms with E-state index in [0.29, 0.717) is 24.4 Å². The van der Waals surface area contributed by atoms with Crippen LogP contribution in [-0.4, -0.2) is 54.2 Å². The Hall–Kier alpha value is -2.22. The van der Waals surface area contributed by atoms with Crippen LogP contribution in [0.5, 0.6) is 0 Å². The van der Waals surface area contributed by atoms with Crippen LogP contribution < -0.4 is 0 Å². The number of aromatic amines is 1. The predicted octanol–water partition coefficient (Wildman–Crippen LogP) is 1.44. The maximum Gasteiger partial charge on any atom is 0.274 e. The monoisotopic (exact) mass is 332 g/mol. The third-order valence-electron chi connectivity index (χ3n) is 4.49. The van der Waals surface area contributed by atoms with Gasteiger partial charge in [0, 0.05) is 24.7 Å². The molecule has 0 aliphatic carbocycles. The molecule has 0 bridgehead atoms. The van der Waals surface area contributed by atoms with E-state index in [1.54, 1.807) is 21.8 Å². The molecule has 3 rings (SSSR count). The number of hydrogen-bond acceptors (Lipinski definition) is 5. The number of rotatable bonds is 4. The van der Waals surface area contributed by atoms with Crippen LogP contribution in [0, 0.1) is 0 Å². The first-order valence-corrected chi connectivity index (χ1v) is 8.29. The zero-order valence-electron chi connectivity index (χ0n) is 14.5. The van der Waals surface area contributed by atoms with Crippen molar-refractivity contribution in [1.82, 2.24) is 30.1 Å². The minimum atomic E-state index is -1.15. The molecule has 1 atom stereocenters. The van der Waals surface area contributed by atoms with Crippen LogP contribution >= 0.6 is 0 Å². The van der Waals surface area contributed by atoms with Gasteiger partial charge in [-0.15, -0.1) is 5.10 Å². The summed E-state index contributed by atoms with van der Waals surface area (Å²) in [7, 11) is 0. The van der Waals surface area contributed by atoms with Crippen LogP contribution in [0.2, 0.25) is 0 Å². The van der Waals surface area contributed by atoms with Crippen molar-refractivity contribution < 1.29 is 9.90 Å². The van der Waals surface area contributed by atoms with E-state index in [2.05, 4.69) is 20.5 Å². The Bertz CT molecular complexity index is 735. The van der Waals surface area contributed by atoms with Crippen LogP contribution in [0.1, 0.15) is 68.0 Å². The molecular formula is C16H24N6O2. The highest BCUT2D eigenvalue weighted by atomic mass is 16.3. The fourth-order valence-corrected chi connectivity index (χ4v) is 2.82. The van der Waals surface area contributed by atoms with Crippen LogP contribution in [-0.2, 0) is 5.60 Å². The molecule has 0 aromatic carbocycles. The molecule has 8 nitrogen and oxygen atoms in total. The Balaban J connectivity index is 1.74. The van der Waals surface area contributed by atoms with Crippen molar-refractivity contribution in [2.24, 2.45) is 0 Å². The Labute approximate surface area is 140 Å². The number of H-pyrrole nitrogens is 1. The Morgan fingerprint density at radius 1 is 1.38 bits per heavy atom. The van der Waals surface area contributed by atoms with Gasteiger partial charge in [0.25, 0.3) is 5.91 Å². The summed E-state index contributed by atoms with van der Waals surface area (Å²) in [4.78, 5) is 14.2. The molecule has 130 valence electrons. The van der Waals surface area contributed by atoms with Crippen LogP contribution in [0.4, 0.5) is 0 Å². The van der Waals surface area contributed by atoms with E-state index in [9.17, 15) is 9.90 Å². The maximum atomic E-state index is 12.6. The van der Waals surface area contributed by atoms with E-state index < -0.39 is 5.60 Å². The van der Waals surface area contributed by atoms with E-state index in [-0.39, 0.29) is 24.4 Å². The van der Waals surface area contributed by atoms with Crippen molar-refractivity contribution >= 4 is 5.91 Å². The lowest BCUT2D eigenvalue weighted by Gasteiger charge is -2.20. The van der Waals surface area contributed by atoms with Gasteiger partial charge in [-0.1, -0.05) is 19.1 Å². The maximum absolute atomic E-state index is 12.6. The highest BCUT2D eigenvalue weighted by Gasteiger charge is 2.42. The van der Waals surface area contributed by atoms with E-state index in [4.69, 9.17) is 0 Å². The summed E-state index contributed by atoms with van der Waals surface area (Å²) in [6, 6.07) is 1.95. The number of carbonyl (C=O) groups is 1. The second kappa shape index (κ2) is 6.01. The van der Waals surface area contributed by atoms with Gasteiger partial charge < -0.3 is 10.0 Å². The van der Waals surface area contributed by atoms with Crippen molar-refractivity contribution in [2.75, 3.05) is 13.1 Å². The summed E-state index contributed by atoms with van der Waals surface area (Å²) in [6.07, 6.45) is 2.20. The fourth-order valence-electron chi connectivity index (χ4n) is 2.82. The molecule has 0 saturated carbocycles. The second-order valence-corrected chi connectivity index (χ2v) is 7.05. The number of β-amino-alcohol motifs (C(OH)–C–C–N with tert-alkyl or cyclic N) is 1. The summed E-state index contributed by atoms with van der Waals surface area (Å²) >= 11 is 0. The third kappa shape index (κ3) is 2.93. The van der Waals surface area contributed by atoms with Gasteiger partial charge in [0.2, 0.25) is 0 Å². The lowest BCUT2D eigenvalue weighted by atomic mass is 10.00. The molecule has 1 aliphatic rings. The molecule has 2 aromatic heterocycles. The Kier molecular flexibility index (Phi) is 4.16. The van der Waals surface area contributed by atoms with E-state index in [1.807, 2.05) is 27.7 Å². The molecule has 24 heavy (non-hydrogen) atoms. The standard InChI is InChI=1S/C16H24N6O2/c1-10(2)12-7-13(18-17-12)15(23)21-6-5-16(24,9-21)14-8-22(11(3)4)20-19-14/h7-8,10-11,24H,5-6,9H2,1-4H3,(H,17,18). The van der Waals surface area contributed by atoms with Crippen molar-refractivity contribution in [3.8, 4) is 0 Å². The van der Waals surface area contributed by atoms with Gasteiger partial charge in [-0.25, -0.2) is 4.68 Å². The third-order valence-corrected chi connectivity index (χ3v) is 4.49. The van der Waals surface area contributed by atoms with E-state index >= 15 is 0 Å². The molecule has 8 heteroatoms. The molecule has 2 aromatic rings. The molecule has 1 fully saturated rings. The lowest BCUT2D eigenvalue weighted by molar-refractivity contribution is 0.0380. The van der Waals surface area contributed by atoms with E-state index in [1.165, 1.54) is 0 Å². The average molecular weight is 332 g/mol. The first-order valence-electron chi connectivity index (χ1n) is 8.29. The number of aromatic nitrogens is 5. The average Bonchev–Trinajstić information content (AvgIpc) is 3.26. The number of likely N-dealkylation sites (tertiary alicyclic amines) is 1. The Morgan fingerprint density at radius 3 is 2.71 bits per heavy atom. The summed E-state index contributed by atoms with van der Waals surface area (Å²) in [5.74, 6) is 0.103. The smallest absolute Gasteiger partial charge is 0.274 e. The number of aliphatic hydroxyl groups is 1. The van der Waals surface area contributed by atoms with E-state index in [0.717, 1.165) is 5.69 Å². The van der Waals surface area contributed by atoms with Gasteiger partial charge in [0.05, 0.1) is 12.7 Å². The summed E-state index contributed by atoms with van der Waals surface area (Å²) in [6.45, 7) is 8.73. The molecule has 3 heterocycles. The summed E-state index contributed by atoms with van der Waals surface area (Å²) in [5.41, 5.74) is 0.665. The largest absolute Gasteiger partial charge is 0.381 e. The number of amides is 1. The molecule has 1 saturated heterocycles. The van der Waals surface area contributed by atoms with Crippen molar-refractivity contribution in [2.45, 2.75) is 51.7 Å². The van der Waals surface area contributed by atoms with Crippen LogP contribution in [0.3, 0.4) is 0 Å². The van der Waals surface area contributed by atoms with Gasteiger partial charge >= 0.3 is 0 Å². The minimum absolute atomic E-state index is 0.174. The molecular weight excluding hydrogens is 308 g/mol. The minimum Gasteiger partial charge on any atom is -0.381 e. The van der Waals surface area contributed by atoms with Gasteiger partial charge in [0.1, 0.15) is 17.0 Å². The number of hydrogen-bond donors (Lipinski definition) is 2. The zero-order valence-corrected chi connectivity index (χ0v) is 14.5. The quantitative estimate of drug-likeness (QED) is 0.882. The van der Waals surface area contributed by atoms with Crippen molar-refractivity contribution in [3.05, 3.63) is 29.3 Å². The van der Waals surface area contributed by atoms with Gasteiger partial charge in [0.15, 0.2) is 0 Å². The number of nitrogens with one attached hydrogen (secondary N) is 1. The normalized spacial score (nSPS) is 21.2. The first-order chi connectivity index (χ1) is 11.3. The summed E-state index contributed by atoms with van der Waals surface area (Å²) in [5, 5.41) is 26.0. The van der Waals surface area contributed by atoms with Gasteiger partial charge in [-0.05, 0) is 25.8 Å². The number of nitrogens with zero attached hydrogens (tertiary/aromatic N) is 5. The molecule has 0 radical (unpaired) electrons. The van der Waals surface area contributed by atoms with Crippen molar-refractivity contribution in [1.29, 1.82) is 0 Å². The molecule has 2 N–H and O–H groups in total. The van der Waals surface area contributed by atoms with Crippen LogP contribution in [0.25, 0.3) is 0 Å². The molecule has 1 unspecified atom stereocenters. The van der Waals surface area contributed by atoms with Crippen molar-refractivity contribution in [3.63, 3.8) is 0 Å². The highest BCUT2D eigenvalue weighted by molar-refractivity contribution is 5.92. The summed E-state index contributed by atoms with van der Waals surface area (Å²) < 4.78 is 1.71. The highest BCUT2D eigenvalue weighted by Crippen LogP contribution is 2.31. The van der Waals surface area contributed by atoms with Crippen LogP contribution in [0.15, 0.2) is 12.3 Å². The number of carbonyl (C=O) groups excluding carboxylic acids is 1. The molecule has 1 amide bonds. The van der Waals surface area contributed by atoms with Gasteiger partial charge in [-0.3, -0.25) is 9.89 Å². The van der Waals surface area contributed by atoms with Gasteiger partial charge in [-0.2, -0.15) is 5.10 Å². The zero-order chi connectivity index (χ0) is 17.5. The molecule has 1 aliphatic heterocycles. The lowest BCUT2D eigenvalue weighted by Crippen LogP contribution is -2.34. The second-order valence-electron chi connectivity index (χ2n) is 7.05. The SMILES string of the molecule is CC(C)c1cc(C(=O)N2CCC(O)(c3cn(C(C)C)nn3)C2)n[nH]1. The fraction of sp³-hybridized carbons (Fsp3) is 0.625.